The minimum Gasteiger partial charge on any atom is -0.369 e. The van der Waals surface area contributed by atoms with Gasteiger partial charge >= 0.3 is 0 Å². The van der Waals surface area contributed by atoms with E-state index in [2.05, 4.69) is 33.0 Å². The number of thiophene rings is 1. The molecule has 1 aliphatic carbocycles. The van der Waals surface area contributed by atoms with Gasteiger partial charge in [0.15, 0.2) is 0 Å². The molecule has 0 unspecified atom stereocenters. The monoisotopic (exact) mass is 303 g/mol. The van der Waals surface area contributed by atoms with Gasteiger partial charge in [-0.05, 0) is 37.7 Å². The summed E-state index contributed by atoms with van der Waals surface area (Å²) in [4.78, 5) is 12.5. The molecule has 3 rings (SSSR count). The van der Waals surface area contributed by atoms with Gasteiger partial charge in [0.25, 0.3) is 0 Å². The quantitative estimate of drug-likeness (QED) is 0.894. The molecule has 1 N–H and O–H groups in total. The van der Waals surface area contributed by atoms with Crippen molar-refractivity contribution in [3.63, 3.8) is 0 Å². The Hall–Kier alpha value is -1.16. The van der Waals surface area contributed by atoms with E-state index in [1.165, 1.54) is 46.3 Å². The van der Waals surface area contributed by atoms with Crippen molar-refractivity contribution in [1.82, 2.24) is 9.97 Å². The number of aromatic nitrogens is 2. The SMILES string of the molecule is CCCNc1nc(C(C)(C)C)nc2sc3c(c12)CCCC3. The van der Waals surface area contributed by atoms with E-state index in [0.29, 0.717) is 0 Å². The van der Waals surface area contributed by atoms with E-state index in [1.54, 1.807) is 0 Å². The number of nitrogens with one attached hydrogen (secondary N) is 1. The Bertz CT molecular complexity index is 652. The fourth-order valence-corrected chi connectivity index (χ4v) is 4.13. The van der Waals surface area contributed by atoms with Crippen LogP contribution in [0.15, 0.2) is 0 Å². The van der Waals surface area contributed by atoms with E-state index in [1.807, 2.05) is 11.3 Å². The third-order valence-corrected chi connectivity index (χ3v) is 5.21. The molecule has 0 spiro atoms. The first-order valence-corrected chi connectivity index (χ1v) is 8.89. The molecule has 0 saturated carbocycles. The van der Waals surface area contributed by atoms with Crippen molar-refractivity contribution in [2.24, 2.45) is 0 Å². The highest BCUT2D eigenvalue weighted by molar-refractivity contribution is 7.19. The standard InChI is InChI=1S/C17H25N3S/c1-5-10-18-14-13-11-8-6-7-9-12(11)21-15(13)20-16(19-14)17(2,3)4/h5-10H2,1-4H3,(H,18,19,20). The summed E-state index contributed by atoms with van der Waals surface area (Å²) in [6.45, 7) is 9.72. The molecule has 114 valence electrons. The van der Waals surface area contributed by atoms with Crippen molar-refractivity contribution >= 4 is 27.4 Å². The normalized spacial score (nSPS) is 15.2. The van der Waals surface area contributed by atoms with E-state index in [-0.39, 0.29) is 5.41 Å². The highest BCUT2D eigenvalue weighted by atomic mass is 32.1. The van der Waals surface area contributed by atoms with Crippen molar-refractivity contribution in [3.8, 4) is 0 Å². The first-order chi connectivity index (χ1) is 10.0. The summed E-state index contributed by atoms with van der Waals surface area (Å²) in [5, 5.41) is 4.84. The molecule has 4 heteroatoms. The second kappa shape index (κ2) is 5.56. The lowest BCUT2D eigenvalue weighted by Crippen LogP contribution is -2.17. The third-order valence-electron chi connectivity index (χ3n) is 4.03. The van der Waals surface area contributed by atoms with Crippen LogP contribution in [0.3, 0.4) is 0 Å². The zero-order chi connectivity index (χ0) is 15.0. The Kier molecular flexibility index (Phi) is 3.91. The van der Waals surface area contributed by atoms with Gasteiger partial charge in [0.1, 0.15) is 16.5 Å². The molecule has 21 heavy (non-hydrogen) atoms. The number of hydrogen-bond donors (Lipinski definition) is 1. The summed E-state index contributed by atoms with van der Waals surface area (Å²) >= 11 is 1.89. The Labute approximate surface area is 131 Å². The minimum atomic E-state index is -0.0126. The summed E-state index contributed by atoms with van der Waals surface area (Å²) < 4.78 is 0. The molecule has 0 radical (unpaired) electrons. The molecule has 3 nitrogen and oxygen atoms in total. The number of hydrogen-bond acceptors (Lipinski definition) is 4. The van der Waals surface area contributed by atoms with E-state index < -0.39 is 0 Å². The predicted octanol–water partition coefficient (Wildman–Crippen LogP) is 4.69. The molecule has 0 bridgehead atoms. The number of rotatable bonds is 3. The van der Waals surface area contributed by atoms with Crippen LogP contribution in [-0.2, 0) is 18.3 Å². The van der Waals surface area contributed by atoms with Gasteiger partial charge in [0, 0.05) is 16.8 Å². The van der Waals surface area contributed by atoms with Crippen LogP contribution < -0.4 is 5.32 Å². The average molecular weight is 303 g/mol. The molecule has 0 fully saturated rings. The lowest BCUT2D eigenvalue weighted by molar-refractivity contribution is 0.549. The topological polar surface area (TPSA) is 37.8 Å². The molecule has 0 saturated heterocycles. The highest BCUT2D eigenvalue weighted by Crippen LogP contribution is 2.39. The highest BCUT2D eigenvalue weighted by Gasteiger charge is 2.24. The molecule has 0 atom stereocenters. The first kappa shape index (κ1) is 14.8. The van der Waals surface area contributed by atoms with Crippen LogP contribution in [0, 0.1) is 0 Å². The zero-order valence-electron chi connectivity index (χ0n) is 13.5. The Balaban J connectivity index is 2.19. The zero-order valence-corrected chi connectivity index (χ0v) is 14.4. The Morgan fingerprint density at radius 2 is 1.90 bits per heavy atom. The van der Waals surface area contributed by atoms with Gasteiger partial charge in [0.2, 0.25) is 0 Å². The maximum absolute atomic E-state index is 4.89. The molecular formula is C17H25N3S. The summed E-state index contributed by atoms with van der Waals surface area (Å²) in [7, 11) is 0. The van der Waals surface area contributed by atoms with E-state index in [4.69, 9.17) is 9.97 Å². The van der Waals surface area contributed by atoms with Crippen LogP contribution in [0.25, 0.3) is 10.2 Å². The van der Waals surface area contributed by atoms with Crippen LogP contribution in [0.4, 0.5) is 5.82 Å². The fraction of sp³-hybridized carbons (Fsp3) is 0.647. The fourth-order valence-electron chi connectivity index (χ4n) is 2.86. The first-order valence-electron chi connectivity index (χ1n) is 8.07. The van der Waals surface area contributed by atoms with Crippen molar-refractivity contribution in [1.29, 1.82) is 0 Å². The number of anilines is 1. The van der Waals surface area contributed by atoms with Crippen molar-refractivity contribution < 1.29 is 0 Å². The van der Waals surface area contributed by atoms with Crippen molar-refractivity contribution in [2.75, 3.05) is 11.9 Å². The lowest BCUT2D eigenvalue weighted by atomic mass is 9.94. The van der Waals surface area contributed by atoms with Gasteiger partial charge in [-0.2, -0.15) is 0 Å². The molecular weight excluding hydrogens is 278 g/mol. The summed E-state index contributed by atoms with van der Waals surface area (Å²) in [5.41, 5.74) is 1.50. The number of fused-ring (bicyclic) bond motifs is 3. The van der Waals surface area contributed by atoms with E-state index in [9.17, 15) is 0 Å². The third kappa shape index (κ3) is 2.78. The van der Waals surface area contributed by atoms with Gasteiger partial charge in [0.05, 0.1) is 5.39 Å². The van der Waals surface area contributed by atoms with Crippen LogP contribution >= 0.6 is 11.3 Å². The minimum absolute atomic E-state index is 0.0126. The molecule has 0 aromatic carbocycles. The largest absolute Gasteiger partial charge is 0.369 e. The molecule has 0 aliphatic heterocycles. The summed E-state index contributed by atoms with van der Waals surface area (Å²) in [6, 6.07) is 0. The Morgan fingerprint density at radius 1 is 1.14 bits per heavy atom. The van der Waals surface area contributed by atoms with Crippen LogP contribution in [-0.4, -0.2) is 16.5 Å². The van der Waals surface area contributed by atoms with Gasteiger partial charge in [-0.1, -0.05) is 27.7 Å². The maximum atomic E-state index is 4.89. The smallest absolute Gasteiger partial charge is 0.138 e. The van der Waals surface area contributed by atoms with E-state index in [0.717, 1.165) is 24.6 Å². The number of nitrogens with zero attached hydrogens (tertiary/aromatic N) is 2. The lowest BCUT2D eigenvalue weighted by Gasteiger charge is -2.19. The average Bonchev–Trinajstić information content (AvgIpc) is 2.82. The molecule has 2 heterocycles. The van der Waals surface area contributed by atoms with Gasteiger partial charge in [-0.3, -0.25) is 0 Å². The second-order valence-electron chi connectivity index (χ2n) is 6.96. The van der Waals surface area contributed by atoms with Crippen LogP contribution in [0.2, 0.25) is 0 Å². The summed E-state index contributed by atoms with van der Waals surface area (Å²) in [5.74, 6) is 2.01. The van der Waals surface area contributed by atoms with E-state index >= 15 is 0 Å². The van der Waals surface area contributed by atoms with Gasteiger partial charge < -0.3 is 5.32 Å². The van der Waals surface area contributed by atoms with Crippen molar-refractivity contribution in [3.05, 3.63) is 16.3 Å². The molecule has 2 aromatic heterocycles. The Morgan fingerprint density at radius 3 is 2.62 bits per heavy atom. The van der Waals surface area contributed by atoms with Crippen LogP contribution in [0.1, 0.15) is 63.2 Å². The molecule has 2 aromatic rings. The van der Waals surface area contributed by atoms with Gasteiger partial charge in [-0.25, -0.2) is 9.97 Å². The molecule has 1 aliphatic rings. The predicted molar refractivity (Wildman–Crippen MR) is 91.5 cm³/mol. The van der Waals surface area contributed by atoms with Crippen LogP contribution in [0.5, 0.6) is 0 Å². The van der Waals surface area contributed by atoms with Crippen molar-refractivity contribution in [2.45, 2.75) is 65.2 Å². The van der Waals surface area contributed by atoms with Gasteiger partial charge in [-0.15, -0.1) is 11.3 Å². The number of aryl methyl sites for hydroxylation is 2. The second-order valence-corrected chi connectivity index (χ2v) is 8.05. The maximum Gasteiger partial charge on any atom is 0.138 e. The summed E-state index contributed by atoms with van der Waals surface area (Å²) in [6.07, 6.45) is 6.13. The molecule has 0 amide bonds.